The minimum atomic E-state index is 0.528. The molecule has 2 atom stereocenters. The Kier molecular flexibility index (Phi) is 4.22. The number of nitrogens with one attached hydrogen (secondary N) is 1. The second-order valence-corrected chi connectivity index (χ2v) is 5.49. The quantitative estimate of drug-likeness (QED) is 0.923. The highest BCUT2D eigenvalue weighted by Crippen LogP contribution is 2.26. The molecule has 5 heteroatoms. The molecule has 1 aliphatic rings. The number of ether oxygens (including phenoxy) is 1. The lowest BCUT2D eigenvalue weighted by atomic mass is 9.91. The molecule has 0 spiro atoms. The summed E-state index contributed by atoms with van der Waals surface area (Å²) >= 11 is 3.63. The van der Waals surface area contributed by atoms with E-state index in [0.29, 0.717) is 12.0 Å². The third-order valence-corrected chi connectivity index (χ3v) is 4.59. The summed E-state index contributed by atoms with van der Waals surface area (Å²) in [6.45, 7) is 3.73. The Morgan fingerprint density at radius 1 is 1.59 bits per heavy atom. The molecule has 2 rings (SSSR count). The molecule has 4 nitrogen and oxygen atoms in total. The molecule has 1 aliphatic heterocycles. The minimum absolute atomic E-state index is 0.528. The molecule has 1 fully saturated rings. The second kappa shape index (κ2) is 5.50. The molecule has 1 saturated heterocycles. The molecular formula is C12H20BrN3O. The van der Waals surface area contributed by atoms with Crippen LogP contribution in [-0.4, -0.2) is 36.1 Å². The summed E-state index contributed by atoms with van der Waals surface area (Å²) in [4.78, 5) is 0. The van der Waals surface area contributed by atoms with Crippen LogP contribution >= 0.6 is 15.9 Å². The van der Waals surface area contributed by atoms with Crippen molar-refractivity contribution >= 4 is 15.9 Å². The van der Waals surface area contributed by atoms with E-state index in [1.54, 1.807) is 0 Å². The van der Waals surface area contributed by atoms with E-state index in [1.165, 1.54) is 5.69 Å². The molecule has 0 amide bonds. The van der Waals surface area contributed by atoms with Crippen molar-refractivity contribution in [1.29, 1.82) is 0 Å². The highest BCUT2D eigenvalue weighted by Gasteiger charge is 2.26. The zero-order valence-corrected chi connectivity index (χ0v) is 12.2. The van der Waals surface area contributed by atoms with Crippen molar-refractivity contribution in [2.75, 3.05) is 20.3 Å². The predicted molar refractivity (Wildman–Crippen MR) is 71.1 cm³/mol. The lowest BCUT2D eigenvalue weighted by Gasteiger charge is -2.31. The van der Waals surface area contributed by atoms with Crippen LogP contribution in [-0.2, 0) is 18.2 Å². The van der Waals surface area contributed by atoms with Gasteiger partial charge in [0, 0.05) is 25.6 Å². The van der Waals surface area contributed by atoms with Gasteiger partial charge in [-0.2, -0.15) is 5.10 Å². The van der Waals surface area contributed by atoms with Crippen LogP contribution in [0.25, 0.3) is 0 Å². The first-order chi connectivity index (χ1) is 8.13. The van der Waals surface area contributed by atoms with E-state index in [9.17, 15) is 0 Å². The number of hydrogen-bond donors (Lipinski definition) is 1. The average Bonchev–Trinajstić information content (AvgIpc) is 2.57. The van der Waals surface area contributed by atoms with Gasteiger partial charge in [0.25, 0.3) is 0 Å². The highest BCUT2D eigenvalue weighted by molar-refractivity contribution is 9.10. The Labute approximate surface area is 111 Å². The smallest absolute Gasteiger partial charge is 0.0738 e. The van der Waals surface area contributed by atoms with Crippen molar-refractivity contribution in [2.24, 2.45) is 13.0 Å². The Balaban J connectivity index is 2.13. The third-order valence-electron chi connectivity index (χ3n) is 3.56. The maximum atomic E-state index is 5.59. The van der Waals surface area contributed by atoms with Gasteiger partial charge in [0.2, 0.25) is 0 Å². The lowest BCUT2D eigenvalue weighted by molar-refractivity contribution is 0.0335. The highest BCUT2D eigenvalue weighted by atomic mass is 79.9. The van der Waals surface area contributed by atoms with Crippen LogP contribution in [0.3, 0.4) is 0 Å². The first kappa shape index (κ1) is 13.1. The van der Waals surface area contributed by atoms with E-state index in [-0.39, 0.29) is 0 Å². The molecule has 0 aromatic carbocycles. The molecule has 0 saturated carbocycles. The van der Waals surface area contributed by atoms with Crippen molar-refractivity contribution in [3.05, 3.63) is 15.9 Å². The van der Waals surface area contributed by atoms with Gasteiger partial charge in [-0.25, -0.2) is 0 Å². The Bertz CT molecular complexity index is 391. The maximum absolute atomic E-state index is 5.59. The number of nitrogens with zero attached hydrogens (tertiary/aromatic N) is 2. The summed E-state index contributed by atoms with van der Waals surface area (Å²) < 4.78 is 8.70. The van der Waals surface area contributed by atoms with E-state index < -0.39 is 0 Å². The lowest BCUT2D eigenvalue weighted by Crippen LogP contribution is -2.42. The van der Waals surface area contributed by atoms with Gasteiger partial charge in [-0.1, -0.05) is 0 Å². The van der Waals surface area contributed by atoms with Crippen LogP contribution in [0.5, 0.6) is 0 Å². The monoisotopic (exact) mass is 301 g/mol. The van der Waals surface area contributed by atoms with Crippen molar-refractivity contribution < 1.29 is 4.74 Å². The molecule has 0 aliphatic carbocycles. The van der Waals surface area contributed by atoms with Crippen molar-refractivity contribution in [1.82, 2.24) is 15.1 Å². The zero-order chi connectivity index (χ0) is 12.4. The van der Waals surface area contributed by atoms with Crippen LogP contribution in [0.2, 0.25) is 0 Å². The van der Waals surface area contributed by atoms with Crippen LogP contribution < -0.4 is 5.32 Å². The molecular weight excluding hydrogens is 282 g/mol. The van der Waals surface area contributed by atoms with Crippen molar-refractivity contribution in [3.63, 3.8) is 0 Å². The van der Waals surface area contributed by atoms with Gasteiger partial charge in [0.1, 0.15) is 0 Å². The second-order valence-electron chi connectivity index (χ2n) is 4.69. The fourth-order valence-electron chi connectivity index (χ4n) is 2.53. The topological polar surface area (TPSA) is 39.1 Å². The molecule has 17 heavy (non-hydrogen) atoms. The number of aryl methyl sites for hydroxylation is 2. The van der Waals surface area contributed by atoms with E-state index in [4.69, 9.17) is 4.74 Å². The van der Waals surface area contributed by atoms with Gasteiger partial charge in [0.15, 0.2) is 0 Å². The van der Waals surface area contributed by atoms with Crippen LogP contribution in [0, 0.1) is 12.8 Å². The molecule has 2 unspecified atom stereocenters. The van der Waals surface area contributed by atoms with Crippen molar-refractivity contribution in [3.8, 4) is 0 Å². The van der Waals surface area contributed by atoms with E-state index in [2.05, 4.69) is 26.3 Å². The number of halogens is 1. The van der Waals surface area contributed by atoms with E-state index >= 15 is 0 Å². The SMILES string of the molecule is CNC1CCOCC1Cc1c(Br)c(C)nn1C. The standard InChI is InChI=1S/C12H20BrN3O/c1-8-12(13)11(16(3)15-8)6-9-7-17-5-4-10(9)14-2/h9-10,14H,4-7H2,1-3H3. The van der Waals surface area contributed by atoms with Gasteiger partial charge in [-0.15, -0.1) is 0 Å². The fourth-order valence-corrected chi connectivity index (χ4v) is 3.03. The largest absolute Gasteiger partial charge is 0.381 e. The Morgan fingerprint density at radius 2 is 2.35 bits per heavy atom. The van der Waals surface area contributed by atoms with Gasteiger partial charge in [-0.05, 0) is 42.7 Å². The van der Waals surface area contributed by atoms with E-state index in [0.717, 1.165) is 36.2 Å². The summed E-state index contributed by atoms with van der Waals surface area (Å²) in [6.07, 6.45) is 2.10. The molecule has 2 heterocycles. The van der Waals surface area contributed by atoms with Gasteiger partial charge >= 0.3 is 0 Å². The van der Waals surface area contributed by atoms with Crippen LogP contribution in [0.1, 0.15) is 17.8 Å². The van der Waals surface area contributed by atoms with E-state index in [1.807, 2.05) is 25.7 Å². The fraction of sp³-hybridized carbons (Fsp3) is 0.750. The Hall–Kier alpha value is -0.390. The summed E-state index contributed by atoms with van der Waals surface area (Å²) in [7, 11) is 4.04. The summed E-state index contributed by atoms with van der Waals surface area (Å²) in [5.41, 5.74) is 2.32. The number of hydrogen-bond acceptors (Lipinski definition) is 3. The Morgan fingerprint density at radius 3 is 2.94 bits per heavy atom. The molecule has 0 bridgehead atoms. The average molecular weight is 302 g/mol. The molecule has 1 aromatic rings. The zero-order valence-electron chi connectivity index (χ0n) is 10.7. The normalized spacial score (nSPS) is 25.2. The number of aromatic nitrogens is 2. The van der Waals surface area contributed by atoms with Gasteiger partial charge < -0.3 is 10.1 Å². The molecule has 0 radical (unpaired) electrons. The van der Waals surface area contributed by atoms with Gasteiger partial charge in [-0.3, -0.25) is 4.68 Å². The van der Waals surface area contributed by atoms with Crippen molar-refractivity contribution in [2.45, 2.75) is 25.8 Å². The van der Waals surface area contributed by atoms with Crippen LogP contribution in [0.4, 0.5) is 0 Å². The molecule has 1 aromatic heterocycles. The number of rotatable bonds is 3. The summed E-state index contributed by atoms with van der Waals surface area (Å²) in [5.74, 6) is 0.528. The summed E-state index contributed by atoms with van der Waals surface area (Å²) in [6, 6.07) is 0.547. The first-order valence-corrected chi connectivity index (χ1v) is 6.85. The molecule has 96 valence electrons. The van der Waals surface area contributed by atoms with Crippen LogP contribution in [0.15, 0.2) is 4.47 Å². The minimum Gasteiger partial charge on any atom is -0.381 e. The molecule has 1 N–H and O–H groups in total. The third kappa shape index (κ3) is 2.72. The van der Waals surface area contributed by atoms with Gasteiger partial charge in [0.05, 0.1) is 22.5 Å². The first-order valence-electron chi connectivity index (χ1n) is 6.06. The predicted octanol–water partition coefficient (Wildman–Crippen LogP) is 1.66. The summed E-state index contributed by atoms with van der Waals surface area (Å²) in [5, 5.41) is 7.83. The maximum Gasteiger partial charge on any atom is 0.0738 e.